The van der Waals surface area contributed by atoms with Crippen LogP contribution >= 0.6 is 0 Å². The van der Waals surface area contributed by atoms with Crippen LogP contribution in [0.1, 0.15) is 61.1 Å². The molecule has 2 aromatic rings. The lowest BCUT2D eigenvalue weighted by atomic mass is 9.87. The van der Waals surface area contributed by atoms with Gasteiger partial charge in [0.25, 0.3) is 5.91 Å². The minimum absolute atomic E-state index is 0.0568. The first-order chi connectivity index (χ1) is 14.5. The van der Waals surface area contributed by atoms with Gasteiger partial charge in [0.1, 0.15) is 0 Å². The lowest BCUT2D eigenvalue weighted by Gasteiger charge is -2.27. The van der Waals surface area contributed by atoms with Crippen molar-refractivity contribution in [3.8, 4) is 11.5 Å². The van der Waals surface area contributed by atoms with E-state index in [0.717, 1.165) is 24.8 Å². The van der Waals surface area contributed by atoms with Crippen LogP contribution in [0.4, 0.5) is 0 Å². The summed E-state index contributed by atoms with van der Waals surface area (Å²) in [6.45, 7) is 6.26. The third kappa shape index (κ3) is 5.12. The quantitative estimate of drug-likeness (QED) is 0.658. The Kier molecular flexibility index (Phi) is 7.33. The average Bonchev–Trinajstić information content (AvgIpc) is 2.75. The second-order valence-electron chi connectivity index (χ2n) is 7.23. The number of carbonyl (C=O) groups is 2. The maximum Gasteiger partial charge on any atom is 0.339 e. The van der Waals surface area contributed by atoms with E-state index in [-0.39, 0.29) is 11.9 Å². The first kappa shape index (κ1) is 21.7. The molecule has 3 rings (SSSR count). The number of fused-ring (bicyclic) bond motifs is 1. The third-order valence-corrected chi connectivity index (χ3v) is 5.12. The van der Waals surface area contributed by atoms with Crippen molar-refractivity contribution in [2.75, 3.05) is 13.2 Å². The van der Waals surface area contributed by atoms with Crippen LogP contribution in [0.25, 0.3) is 0 Å². The molecule has 0 saturated heterocycles. The van der Waals surface area contributed by atoms with Crippen molar-refractivity contribution in [1.82, 2.24) is 5.32 Å². The van der Waals surface area contributed by atoms with Gasteiger partial charge in [0.2, 0.25) is 0 Å². The Morgan fingerprint density at radius 1 is 1.07 bits per heavy atom. The van der Waals surface area contributed by atoms with E-state index in [0.29, 0.717) is 30.3 Å². The molecule has 0 spiro atoms. The van der Waals surface area contributed by atoms with Gasteiger partial charge < -0.3 is 19.5 Å². The summed E-state index contributed by atoms with van der Waals surface area (Å²) in [5.74, 6) is 0.161. The molecule has 0 fully saturated rings. The molecule has 0 bridgehead atoms. The fourth-order valence-corrected chi connectivity index (χ4v) is 3.65. The molecular formula is C24H29NO5. The van der Waals surface area contributed by atoms with E-state index in [9.17, 15) is 9.59 Å². The lowest BCUT2D eigenvalue weighted by molar-refractivity contribution is -0.130. The predicted molar refractivity (Wildman–Crippen MR) is 114 cm³/mol. The van der Waals surface area contributed by atoms with Gasteiger partial charge in [0, 0.05) is 0 Å². The third-order valence-electron chi connectivity index (χ3n) is 5.12. The number of nitrogens with one attached hydrogen (secondary N) is 1. The second-order valence-corrected chi connectivity index (χ2v) is 7.23. The number of rotatable bonds is 8. The highest BCUT2D eigenvalue weighted by atomic mass is 16.5. The normalized spacial score (nSPS) is 16.2. The first-order valence-electron chi connectivity index (χ1n) is 10.5. The molecule has 30 heavy (non-hydrogen) atoms. The minimum Gasteiger partial charge on any atom is -0.490 e. The average molecular weight is 411 g/mol. The Bertz CT molecular complexity index is 895. The molecule has 2 atom stereocenters. The highest BCUT2D eigenvalue weighted by Gasteiger charge is 2.26. The molecule has 0 saturated carbocycles. The van der Waals surface area contributed by atoms with Gasteiger partial charge in [-0.1, -0.05) is 24.3 Å². The van der Waals surface area contributed by atoms with Crippen LogP contribution in [0.5, 0.6) is 11.5 Å². The summed E-state index contributed by atoms with van der Waals surface area (Å²) in [6.07, 6.45) is 2.00. The van der Waals surface area contributed by atoms with E-state index in [1.807, 2.05) is 32.0 Å². The van der Waals surface area contributed by atoms with Gasteiger partial charge in [-0.15, -0.1) is 0 Å². The molecule has 2 aromatic carbocycles. The Labute approximate surface area is 177 Å². The van der Waals surface area contributed by atoms with Crippen LogP contribution in [0.2, 0.25) is 0 Å². The van der Waals surface area contributed by atoms with Crippen molar-refractivity contribution >= 4 is 11.9 Å². The zero-order valence-corrected chi connectivity index (χ0v) is 17.8. The second kappa shape index (κ2) is 10.1. The number of carbonyl (C=O) groups excluding carboxylic acids is 2. The van der Waals surface area contributed by atoms with Crippen molar-refractivity contribution in [3.63, 3.8) is 0 Å². The van der Waals surface area contributed by atoms with Crippen molar-refractivity contribution in [1.29, 1.82) is 0 Å². The molecule has 0 heterocycles. The Hall–Kier alpha value is -3.02. The van der Waals surface area contributed by atoms with Gasteiger partial charge in [-0.3, -0.25) is 4.79 Å². The van der Waals surface area contributed by atoms with E-state index < -0.39 is 12.1 Å². The highest BCUT2D eigenvalue weighted by molar-refractivity contribution is 5.93. The summed E-state index contributed by atoms with van der Waals surface area (Å²) in [5.41, 5.74) is 2.71. The minimum atomic E-state index is -0.909. The summed E-state index contributed by atoms with van der Waals surface area (Å²) in [4.78, 5) is 25.2. The van der Waals surface area contributed by atoms with Crippen LogP contribution in [-0.2, 0) is 16.0 Å². The topological polar surface area (TPSA) is 73.9 Å². The maximum absolute atomic E-state index is 12.7. The zero-order valence-electron chi connectivity index (χ0n) is 17.8. The SMILES string of the molecule is CCOc1ccc(C(=O)O[C@H](C)C(=O)N[C@@H]2CCCc3ccccc32)cc1OCC. The molecule has 1 aliphatic carbocycles. The molecule has 6 nitrogen and oxygen atoms in total. The largest absolute Gasteiger partial charge is 0.490 e. The highest BCUT2D eigenvalue weighted by Crippen LogP contribution is 2.30. The van der Waals surface area contributed by atoms with Crippen molar-refractivity contribution in [3.05, 3.63) is 59.2 Å². The first-order valence-corrected chi connectivity index (χ1v) is 10.5. The summed E-state index contributed by atoms with van der Waals surface area (Å²) in [6, 6.07) is 12.9. The number of amides is 1. The molecule has 1 N–H and O–H groups in total. The van der Waals surface area contributed by atoms with Crippen molar-refractivity contribution < 1.29 is 23.8 Å². The standard InChI is InChI=1S/C24H29NO5/c1-4-28-21-14-13-18(15-22(21)29-5-2)24(27)30-16(3)23(26)25-20-12-8-10-17-9-6-7-11-19(17)20/h6-7,9,11,13-16,20H,4-5,8,10,12H2,1-3H3,(H,25,26)/t16-,20-/m1/s1. The molecule has 0 unspecified atom stereocenters. The van der Waals surface area contributed by atoms with Crippen molar-refractivity contribution in [2.45, 2.75) is 52.2 Å². The van der Waals surface area contributed by atoms with Crippen LogP contribution in [0.3, 0.4) is 0 Å². The van der Waals surface area contributed by atoms with Gasteiger partial charge in [-0.05, 0) is 69.4 Å². The van der Waals surface area contributed by atoms with Crippen LogP contribution in [0.15, 0.2) is 42.5 Å². The summed E-state index contributed by atoms with van der Waals surface area (Å²) < 4.78 is 16.5. The van der Waals surface area contributed by atoms with Crippen LogP contribution in [-0.4, -0.2) is 31.2 Å². The van der Waals surface area contributed by atoms with E-state index in [1.165, 1.54) is 5.56 Å². The number of aryl methyl sites for hydroxylation is 1. The smallest absolute Gasteiger partial charge is 0.339 e. The number of esters is 1. The molecule has 1 amide bonds. The molecule has 1 aliphatic rings. The summed E-state index contributed by atoms with van der Waals surface area (Å²) in [5, 5.41) is 3.03. The number of hydrogen-bond donors (Lipinski definition) is 1. The summed E-state index contributed by atoms with van der Waals surface area (Å²) in [7, 11) is 0. The number of ether oxygens (including phenoxy) is 3. The van der Waals surface area contributed by atoms with Crippen LogP contribution < -0.4 is 14.8 Å². The maximum atomic E-state index is 12.7. The molecule has 6 heteroatoms. The monoisotopic (exact) mass is 411 g/mol. The van der Waals surface area contributed by atoms with Crippen molar-refractivity contribution in [2.24, 2.45) is 0 Å². The van der Waals surface area contributed by atoms with E-state index in [4.69, 9.17) is 14.2 Å². The fraction of sp³-hybridized carbons (Fsp3) is 0.417. The zero-order chi connectivity index (χ0) is 21.5. The number of benzene rings is 2. The van der Waals surface area contributed by atoms with E-state index in [1.54, 1.807) is 25.1 Å². The molecular weight excluding hydrogens is 382 g/mol. The molecule has 0 radical (unpaired) electrons. The van der Waals surface area contributed by atoms with Gasteiger partial charge in [-0.25, -0.2) is 4.79 Å². The van der Waals surface area contributed by atoms with Gasteiger partial charge in [-0.2, -0.15) is 0 Å². The van der Waals surface area contributed by atoms with Gasteiger partial charge in [0.05, 0.1) is 24.8 Å². The summed E-state index contributed by atoms with van der Waals surface area (Å²) >= 11 is 0. The van der Waals surface area contributed by atoms with E-state index >= 15 is 0 Å². The number of hydrogen-bond acceptors (Lipinski definition) is 5. The lowest BCUT2D eigenvalue weighted by Crippen LogP contribution is -2.39. The molecule has 160 valence electrons. The Morgan fingerprint density at radius 2 is 1.80 bits per heavy atom. The van der Waals surface area contributed by atoms with Crippen LogP contribution in [0, 0.1) is 0 Å². The Balaban J connectivity index is 1.64. The fourth-order valence-electron chi connectivity index (χ4n) is 3.65. The molecule has 0 aliphatic heterocycles. The van der Waals surface area contributed by atoms with Gasteiger partial charge in [0.15, 0.2) is 17.6 Å². The Morgan fingerprint density at radius 3 is 2.57 bits per heavy atom. The van der Waals surface area contributed by atoms with E-state index in [2.05, 4.69) is 11.4 Å². The predicted octanol–water partition coefficient (Wildman–Crippen LogP) is 4.22. The van der Waals surface area contributed by atoms with Gasteiger partial charge >= 0.3 is 5.97 Å². The molecule has 0 aromatic heterocycles.